The molecule has 1 heterocycles. The second-order valence-electron chi connectivity index (χ2n) is 7.06. The minimum absolute atomic E-state index is 0.0275. The van der Waals surface area contributed by atoms with Crippen molar-refractivity contribution in [1.29, 1.82) is 0 Å². The van der Waals surface area contributed by atoms with Crippen LogP contribution in [0.2, 0.25) is 0 Å². The van der Waals surface area contributed by atoms with Crippen molar-refractivity contribution in [3.05, 3.63) is 34.9 Å². The summed E-state index contributed by atoms with van der Waals surface area (Å²) in [5, 5.41) is 11.9. The van der Waals surface area contributed by atoms with Gasteiger partial charge >= 0.3 is 0 Å². The summed E-state index contributed by atoms with van der Waals surface area (Å²) in [6.45, 7) is 0.474. The molecule has 136 valence electrons. The Morgan fingerprint density at radius 1 is 1.08 bits per heavy atom. The zero-order valence-electron chi connectivity index (χ0n) is 14.6. The van der Waals surface area contributed by atoms with Gasteiger partial charge in [0.1, 0.15) is 0 Å². The molecule has 0 saturated carbocycles. The summed E-state index contributed by atoms with van der Waals surface area (Å²) in [4.78, 5) is 24.3. The topological polar surface area (TPSA) is 75.6 Å². The number of aryl methyl sites for hydroxylation is 2. The van der Waals surface area contributed by atoms with Gasteiger partial charge in [0.2, 0.25) is 5.91 Å². The first-order valence-corrected chi connectivity index (χ1v) is 9.33. The normalized spacial score (nSPS) is 22.4. The van der Waals surface area contributed by atoms with Crippen LogP contribution in [0.1, 0.15) is 60.0 Å². The standard InChI is InChI=1S/C20H27NO4/c22-13-18-8-7-17(25-18)12-21-20(24)10-9-19(23)16-6-5-14-3-1-2-4-15(14)11-16/h5-6,11,17-18,22H,1-4,7-10,12-13H2,(H,21,24)/t17-,18+/m1/s1. The van der Waals surface area contributed by atoms with Crippen molar-refractivity contribution in [2.24, 2.45) is 0 Å². The second-order valence-corrected chi connectivity index (χ2v) is 7.06. The third kappa shape index (κ3) is 4.89. The van der Waals surface area contributed by atoms with Gasteiger partial charge in [0, 0.05) is 24.9 Å². The van der Waals surface area contributed by atoms with Gasteiger partial charge in [-0.25, -0.2) is 0 Å². The largest absolute Gasteiger partial charge is 0.394 e. The molecular weight excluding hydrogens is 318 g/mol. The molecule has 25 heavy (non-hydrogen) atoms. The van der Waals surface area contributed by atoms with Gasteiger partial charge in [-0.1, -0.05) is 12.1 Å². The number of aliphatic hydroxyl groups excluding tert-OH is 1. The van der Waals surface area contributed by atoms with Crippen LogP contribution in [-0.2, 0) is 22.4 Å². The summed E-state index contributed by atoms with van der Waals surface area (Å²) in [7, 11) is 0. The van der Waals surface area contributed by atoms with Gasteiger partial charge in [-0.05, 0) is 55.7 Å². The van der Waals surface area contributed by atoms with Crippen molar-refractivity contribution in [2.45, 2.75) is 63.6 Å². The highest BCUT2D eigenvalue weighted by Gasteiger charge is 2.24. The number of hydrogen-bond acceptors (Lipinski definition) is 4. The SMILES string of the molecule is O=C(CCC(=O)c1ccc2c(c1)CCCC2)NC[C@H]1CC[C@@H](CO)O1. The number of hydrogen-bond donors (Lipinski definition) is 2. The number of benzene rings is 1. The van der Waals surface area contributed by atoms with Gasteiger partial charge in [-0.2, -0.15) is 0 Å². The predicted molar refractivity (Wildman–Crippen MR) is 94.6 cm³/mol. The molecule has 0 unspecified atom stereocenters. The first-order valence-electron chi connectivity index (χ1n) is 9.33. The number of nitrogens with one attached hydrogen (secondary N) is 1. The lowest BCUT2D eigenvalue weighted by Crippen LogP contribution is -2.32. The van der Waals surface area contributed by atoms with E-state index >= 15 is 0 Å². The molecule has 1 aromatic rings. The van der Waals surface area contributed by atoms with E-state index in [1.54, 1.807) is 0 Å². The number of amides is 1. The van der Waals surface area contributed by atoms with Gasteiger partial charge in [0.05, 0.1) is 18.8 Å². The summed E-state index contributed by atoms with van der Waals surface area (Å²) in [6.07, 6.45) is 6.54. The van der Waals surface area contributed by atoms with E-state index in [-0.39, 0.29) is 43.3 Å². The number of carbonyl (C=O) groups is 2. The van der Waals surface area contributed by atoms with E-state index in [0.29, 0.717) is 6.54 Å². The number of ether oxygens (including phenoxy) is 1. The third-order valence-corrected chi connectivity index (χ3v) is 5.18. The molecule has 1 aliphatic carbocycles. The summed E-state index contributed by atoms with van der Waals surface area (Å²) in [5.74, 6) is -0.0941. The number of carbonyl (C=O) groups excluding carboxylic acids is 2. The van der Waals surface area contributed by atoms with Crippen LogP contribution in [0.25, 0.3) is 0 Å². The quantitative estimate of drug-likeness (QED) is 0.743. The van der Waals surface area contributed by atoms with Crippen LogP contribution in [0.3, 0.4) is 0 Å². The van der Waals surface area contributed by atoms with E-state index in [4.69, 9.17) is 9.84 Å². The summed E-state index contributed by atoms with van der Waals surface area (Å²) in [5.41, 5.74) is 3.37. The maximum absolute atomic E-state index is 12.3. The molecule has 0 bridgehead atoms. The molecular formula is C20H27NO4. The smallest absolute Gasteiger partial charge is 0.220 e. The Morgan fingerprint density at radius 2 is 1.84 bits per heavy atom. The van der Waals surface area contributed by atoms with Crippen LogP contribution in [-0.4, -0.2) is 42.2 Å². The fourth-order valence-corrected chi connectivity index (χ4v) is 3.66. The van der Waals surface area contributed by atoms with Crippen LogP contribution in [0.5, 0.6) is 0 Å². The number of aliphatic hydroxyl groups is 1. The fourth-order valence-electron chi connectivity index (χ4n) is 3.66. The molecule has 2 atom stereocenters. The molecule has 1 fully saturated rings. The van der Waals surface area contributed by atoms with E-state index < -0.39 is 0 Å². The maximum atomic E-state index is 12.3. The van der Waals surface area contributed by atoms with Crippen molar-refractivity contribution >= 4 is 11.7 Å². The molecule has 2 N–H and O–H groups in total. The van der Waals surface area contributed by atoms with Crippen LogP contribution >= 0.6 is 0 Å². The van der Waals surface area contributed by atoms with Crippen molar-refractivity contribution < 1.29 is 19.4 Å². The molecule has 1 aromatic carbocycles. The Kier molecular flexibility index (Phi) is 6.21. The number of Topliss-reactive ketones (excluding diaryl/α,β-unsaturated/α-hetero) is 1. The van der Waals surface area contributed by atoms with E-state index in [0.717, 1.165) is 31.2 Å². The summed E-state index contributed by atoms with van der Waals surface area (Å²) in [6, 6.07) is 5.97. The van der Waals surface area contributed by atoms with Crippen molar-refractivity contribution in [2.75, 3.05) is 13.2 Å². The third-order valence-electron chi connectivity index (χ3n) is 5.18. The van der Waals surface area contributed by atoms with Gasteiger partial charge < -0.3 is 15.2 Å². The zero-order valence-corrected chi connectivity index (χ0v) is 14.6. The zero-order chi connectivity index (χ0) is 17.6. The van der Waals surface area contributed by atoms with Crippen LogP contribution in [0.4, 0.5) is 0 Å². The van der Waals surface area contributed by atoms with Crippen molar-refractivity contribution in [3.63, 3.8) is 0 Å². The first-order chi connectivity index (χ1) is 12.2. The molecule has 1 aliphatic heterocycles. The van der Waals surface area contributed by atoms with E-state index in [1.165, 1.54) is 24.0 Å². The molecule has 1 amide bonds. The molecule has 0 spiro atoms. The molecule has 5 heteroatoms. The van der Waals surface area contributed by atoms with Gasteiger partial charge in [0.25, 0.3) is 0 Å². The Labute approximate surface area is 148 Å². The number of rotatable bonds is 7. The highest BCUT2D eigenvalue weighted by atomic mass is 16.5. The average molecular weight is 345 g/mol. The Hall–Kier alpha value is -1.72. The molecule has 2 aliphatic rings. The van der Waals surface area contributed by atoms with Gasteiger partial charge in [-0.15, -0.1) is 0 Å². The van der Waals surface area contributed by atoms with Crippen LogP contribution in [0.15, 0.2) is 18.2 Å². The van der Waals surface area contributed by atoms with Crippen molar-refractivity contribution in [1.82, 2.24) is 5.32 Å². The monoisotopic (exact) mass is 345 g/mol. The van der Waals surface area contributed by atoms with Crippen molar-refractivity contribution in [3.8, 4) is 0 Å². The highest BCUT2D eigenvalue weighted by molar-refractivity contribution is 5.98. The number of fused-ring (bicyclic) bond motifs is 1. The second kappa shape index (κ2) is 8.59. The molecule has 1 saturated heterocycles. The van der Waals surface area contributed by atoms with E-state index in [9.17, 15) is 9.59 Å². The first kappa shape index (κ1) is 18.1. The molecule has 5 nitrogen and oxygen atoms in total. The minimum atomic E-state index is -0.123. The predicted octanol–water partition coefficient (Wildman–Crippen LogP) is 2.18. The highest BCUT2D eigenvalue weighted by Crippen LogP contribution is 2.23. The Bertz CT molecular complexity index is 628. The Balaban J connectivity index is 1.42. The maximum Gasteiger partial charge on any atom is 0.220 e. The van der Waals surface area contributed by atoms with Crippen LogP contribution in [0, 0.1) is 0 Å². The van der Waals surface area contributed by atoms with Crippen LogP contribution < -0.4 is 5.32 Å². The lowest BCUT2D eigenvalue weighted by atomic mass is 9.89. The van der Waals surface area contributed by atoms with E-state index in [2.05, 4.69) is 11.4 Å². The molecule has 3 rings (SSSR count). The van der Waals surface area contributed by atoms with E-state index in [1.807, 2.05) is 12.1 Å². The fraction of sp³-hybridized carbons (Fsp3) is 0.600. The number of ketones is 1. The Morgan fingerprint density at radius 3 is 2.60 bits per heavy atom. The summed E-state index contributed by atoms with van der Waals surface area (Å²) >= 11 is 0. The average Bonchev–Trinajstić information content (AvgIpc) is 3.12. The van der Waals surface area contributed by atoms with Gasteiger partial charge in [0.15, 0.2) is 5.78 Å². The summed E-state index contributed by atoms with van der Waals surface area (Å²) < 4.78 is 5.58. The lowest BCUT2D eigenvalue weighted by molar-refractivity contribution is -0.121. The minimum Gasteiger partial charge on any atom is -0.394 e. The lowest BCUT2D eigenvalue weighted by Gasteiger charge is -2.16. The molecule has 0 aromatic heterocycles. The molecule has 0 radical (unpaired) electrons. The van der Waals surface area contributed by atoms with Gasteiger partial charge in [-0.3, -0.25) is 9.59 Å².